The van der Waals surface area contributed by atoms with Gasteiger partial charge < -0.3 is 9.47 Å². The van der Waals surface area contributed by atoms with Crippen molar-refractivity contribution < 1.29 is 23.5 Å². The Balaban J connectivity index is 1.71. The molecule has 0 saturated carbocycles. The van der Waals surface area contributed by atoms with Crippen LogP contribution in [-0.2, 0) is 22.4 Å². The zero-order valence-corrected chi connectivity index (χ0v) is 19.0. The third-order valence-corrected chi connectivity index (χ3v) is 6.46. The molecule has 3 aromatic carbocycles. The van der Waals surface area contributed by atoms with E-state index in [4.69, 9.17) is 9.47 Å². The van der Waals surface area contributed by atoms with Gasteiger partial charge in [-0.2, -0.15) is 0 Å². The Morgan fingerprint density at radius 3 is 2.21 bits per heavy atom. The topological polar surface area (TPSA) is 52.6 Å². The Morgan fingerprint density at radius 2 is 1.55 bits per heavy atom. The number of hydrogen-bond donors (Lipinski definition) is 0. The second-order valence-corrected chi connectivity index (χ2v) is 8.69. The van der Waals surface area contributed by atoms with Crippen LogP contribution in [0.2, 0.25) is 0 Å². The number of carbonyl (C=O) groups excluding carboxylic acids is 2. The molecule has 5 heteroatoms. The molecule has 0 saturated heterocycles. The van der Waals surface area contributed by atoms with Crippen molar-refractivity contribution >= 4 is 11.9 Å². The molecule has 0 spiro atoms. The van der Waals surface area contributed by atoms with Crippen LogP contribution in [0, 0.1) is 11.7 Å². The summed E-state index contributed by atoms with van der Waals surface area (Å²) in [5.41, 5.74) is 4.08. The molecule has 0 amide bonds. The van der Waals surface area contributed by atoms with Crippen molar-refractivity contribution in [1.82, 2.24) is 0 Å². The molecule has 0 N–H and O–H groups in total. The molecule has 4 rings (SSSR count). The van der Waals surface area contributed by atoms with E-state index in [2.05, 4.69) is 6.92 Å². The molecule has 3 aromatic rings. The molecule has 0 radical (unpaired) electrons. The third-order valence-electron chi connectivity index (χ3n) is 6.46. The number of fused-ring (bicyclic) bond motifs is 1. The van der Waals surface area contributed by atoms with E-state index < -0.39 is 0 Å². The van der Waals surface area contributed by atoms with Crippen LogP contribution in [0.15, 0.2) is 66.7 Å². The van der Waals surface area contributed by atoms with Gasteiger partial charge in [-0.05, 0) is 83.2 Å². The molecule has 4 nitrogen and oxygen atoms in total. The highest BCUT2D eigenvalue weighted by Crippen LogP contribution is 2.47. The summed E-state index contributed by atoms with van der Waals surface area (Å²) in [4.78, 5) is 22.7. The minimum absolute atomic E-state index is 0.0410. The standard InChI is InChI=1S/C28H27FO4/c1-17-25(20-8-11-23(12-9-20)32-18(2)30)14-21-10-13-24(33-19(3)31)16-27(21)26(17)15-22-6-4-5-7-28(22)29/h4-13,16-17,25-26H,14-15H2,1-3H3. The number of rotatable bonds is 5. The first-order valence-corrected chi connectivity index (χ1v) is 11.1. The lowest BCUT2D eigenvalue weighted by molar-refractivity contribution is -0.132. The van der Waals surface area contributed by atoms with E-state index in [0.29, 0.717) is 23.5 Å². The maximum absolute atomic E-state index is 14.6. The van der Waals surface area contributed by atoms with Crippen molar-refractivity contribution in [3.05, 3.63) is 94.8 Å². The van der Waals surface area contributed by atoms with Gasteiger partial charge in [0.2, 0.25) is 0 Å². The van der Waals surface area contributed by atoms with Gasteiger partial charge in [0.05, 0.1) is 0 Å². The lowest BCUT2D eigenvalue weighted by Gasteiger charge is -2.38. The fraction of sp³-hybridized carbons (Fsp3) is 0.286. The molecule has 0 aliphatic heterocycles. The van der Waals surface area contributed by atoms with Gasteiger partial charge in [0.15, 0.2) is 0 Å². The molecular formula is C28H27FO4. The maximum Gasteiger partial charge on any atom is 0.308 e. The van der Waals surface area contributed by atoms with Crippen LogP contribution in [0.4, 0.5) is 4.39 Å². The summed E-state index contributed by atoms with van der Waals surface area (Å²) in [5.74, 6) is 0.547. The minimum Gasteiger partial charge on any atom is -0.427 e. The summed E-state index contributed by atoms with van der Waals surface area (Å²) >= 11 is 0. The lowest BCUT2D eigenvalue weighted by Crippen LogP contribution is -2.28. The van der Waals surface area contributed by atoms with Gasteiger partial charge in [-0.15, -0.1) is 0 Å². The smallest absolute Gasteiger partial charge is 0.308 e. The number of hydrogen-bond acceptors (Lipinski definition) is 4. The highest BCUT2D eigenvalue weighted by Gasteiger charge is 2.35. The Bertz CT molecular complexity index is 1170. The van der Waals surface area contributed by atoms with Crippen LogP contribution in [-0.4, -0.2) is 11.9 Å². The summed E-state index contributed by atoms with van der Waals surface area (Å²) in [6.07, 6.45) is 1.37. The second kappa shape index (κ2) is 9.57. The highest BCUT2D eigenvalue weighted by molar-refractivity contribution is 5.70. The van der Waals surface area contributed by atoms with Crippen LogP contribution in [0.3, 0.4) is 0 Å². The Labute approximate surface area is 193 Å². The van der Waals surface area contributed by atoms with Crippen LogP contribution in [0.25, 0.3) is 0 Å². The van der Waals surface area contributed by atoms with E-state index in [-0.39, 0.29) is 35.5 Å². The van der Waals surface area contributed by atoms with E-state index in [1.54, 1.807) is 6.07 Å². The van der Waals surface area contributed by atoms with E-state index in [9.17, 15) is 14.0 Å². The van der Waals surface area contributed by atoms with Crippen molar-refractivity contribution in [2.45, 2.75) is 45.4 Å². The van der Waals surface area contributed by atoms with Crippen molar-refractivity contribution in [3.8, 4) is 11.5 Å². The zero-order valence-electron chi connectivity index (χ0n) is 19.0. The summed E-state index contributed by atoms with van der Waals surface area (Å²) in [6, 6.07) is 20.2. The predicted octanol–water partition coefficient (Wildman–Crippen LogP) is 5.98. The maximum atomic E-state index is 14.6. The molecule has 3 unspecified atom stereocenters. The van der Waals surface area contributed by atoms with Crippen LogP contribution < -0.4 is 9.47 Å². The third kappa shape index (κ3) is 5.14. The monoisotopic (exact) mass is 446 g/mol. The average molecular weight is 447 g/mol. The lowest BCUT2D eigenvalue weighted by atomic mass is 9.66. The Hall–Kier alpha value is -3.47. The van der Waals surface area contributed by atoms with Gasteiger partial charge in [0.25, 0.3) is 0 Å². The second-order valence-electron chi connectivity index (χ2n) is 8.69. The Kier molecular flexibility index (Phi) is 6.59. The first kappa shape index (κ1) is 22.7. The molecule has 0 heterocycles. The first-order valence-electron chi connectivity index (χ1n) is 11.1. The first-order chi connectivity index (χ1) is 15.8. The molecule has 0 aromatic heterocycles. The van der Waals surface area contributed by atoms with Crippen molar-refractivity contribution in [2.24, 2.45) is 5.92 Å². The van der Waals surface area contributed by atoms with E-state index in [0.717, 1.165) is 17.5 Å². The molecule has 0 fully saturated rings. The van der Waals surface area contributed by atoms with E-state index in [1.165, 1.54) is 25.5 Å². The van der Waals surface area contributed by atoms with Crippen molar-refractivity contribution in [2.75, 3.05) is 0 Å². The van der Waals surface area contributed by atoms with Gasteiger partial charge in [-0.3, -0.25) is 9.59 Å². The van der Waals surface area contributed by atoms with Gasteiger partial charge in [0.1, 0.15) is 17.3 Å². The Morgan fingerprint density at radius 1 is 0.909 bits per heavy atom. The summed E-state index contributed by atoms with van der Waals surface area (Å²) < 4.78 is 25.1. The fourth-order valence-corrected chi connectivity index (χ4v) is 4.89. The van der Waals surface area contributed by atoms with Crippen LogP contribution in [0.5, 0.6) is 11.5 Å². The number of benzene rings is 3. The average Bonchev–Trinajstić information content (AvgIpc) is 2.77. The van der Waals surface area contributed by atoms with Crippen LogP contribution >= 0.6 is 0 Å². The van der Waals surface area contributed by atoms with Gasteiger partial charge in [-0.1, -0.05) is 43.3 Å². The number of ether oxygens (including phenoxy) is 2. The summed E-state index contributed by atoms with van der Waals surface area (Å²) in [6.45, 7) is 4.96. The van der Waals surface area contributed by atoms with E-state index >= 15 is 0 Å². The zero-order chi connectivity index (χ0) is 23.5. The molecule has 1 aliphatic rings. The van der Waals surface area contributed by atoms with Crippen molar-refractivity contribution in [1.29, 1.82) is 0 Å². The molecular weight excluding hydrogens is 419 g/mol. The molecule has 1 aliphatic carbocycles. The van der Waals surface area contributed by atoms with Crippen molar-refractivity contribution in [3.63, 3.8) is 0 Å². The SMILES string of the molecule is CC(=O)Oc1ccc(C2Cc3ccc(OC(C)=O)cc3C(Cc3ccccc3F)C2C)cc1. The predicted molar refractivity (Wildman–Crippen MR) is 124 cm³/mol. The molecule has 33 heavy (non-hydrogen) atoms. The van der Waals surface area contributed by atoms with Gasteiger partial charge in [0, 0.05) is 13.8 Å². The van der Waals surface area contributed by atoms with E-state index in [1.807, 2.05) is 54.6 Å². The summed E-state index contributed by atoms with van der Waals surface area (Å²) in [7, 11) is 0. The highest BCUT2D eigenvalue weighted by atomic mass is 19.1. The quantitative estimate of drug-likeness (QED) is 0.357. The number of halogens is 1. The van der Waals surface area contributed by atoms with Gasteiger partial charge in [-0.25, -0.2) is 4.39 Å². The number of carbonyl (C=O) groups is 2. The van der Waals surface area contributed by atoms with Gasteiger partial charge >= 0.3 is 11.9 Å². The normalized spacial score (nSPS) is 19.5. The molecule has 3 atom stereocenters. The fourth-order valence-electron chi connectivity index (χ4n) is 4.89. The molecule has 170 valence electrons. The molecule has 0 bridgehead atoms. The van der Waals surface area contributed by atoms with Crippen LogP contribution in [0.1, 0.15) is 54.9 Å². The minimum atomic E-state index is -0.366. The summed E-state index contributed by atoms with van der Waals surface area (Å²) in [5, 5.41) is 0. The number of esters is 2. The largest absolute Gasteiger partial charge is 0.427 e.